The zero-order chi connectivity index (χ0) is 14.9. The molecule has 1 spiro atoms. The Morgan fingerprint density at radius 1 is 1.10 bits per heavy atom. The lowest BCUT2D eigenvalue weighted by Gasteiger charge is -2.44. The molecule has 1 aliphatic carbocycles. The van der Waals surface area contributed by atoms with E-state index in [-0.39, 0.29) is 11.7 Å². The Balaban J connectivity index is 1.65. The summed E-state index contributed by atoms with van der Waals surface area (Å²) in [5.74, 6) is 0.370. The highest BCUT2D eigenvalue weighted by atomic mass is 16.3. The van der Waals surface area contributed by atoms with E-state index in [4.69, 9.17) is 0 Å². The molecule has 0 aromatic heterocycles. The number of piperidine rings is 1. The average Bonchev–Trinajstić information content (AvgIpc) is 2.51. The number of aryl methyl sites for hydroxylation is 1. The molecule has 1 saturated carbocycles. The highest BCUT2D eigenvalue weighted by molar-refractivity contribution is 5.94. The minimum Gasteiger partial charge on any atom is -0.508 e. The van der Waals surface area contributed by atoms with Gasteiger partial charge in [-0.1, -0.05) is 19.3 Å². The van der Waals surface area contributed by atoms with Gasteiger partial charge in [0, 0.05) is 18.7 Å². The Morgan fingerprint density at radius 3 is 2.38 bits per heavy atom. The Hall–Kier alpha value is -1.51. The maximum absolute atomic E-state index is 12.6. The molecule has 1 heterocycles. The number of carbonyl (C=O) groups excluding carboxylic acids is 1. The van der Waals surface area contributed by atoms with Gasteiger partial charge in [-0.3, -0.25) is 4.79 Å². The third kappa shape index (κ3) is 2.92. The molecule has 21 heavy (non-hydrogen) atoms. The summed E-state index contributed by atoms with van der Waals surface area (Å²) < 4.78 is 0. The van der Waals surface area contributed by atoms with Crippen LogP contribution in [0, 0.1) is 12.3 Å². The smallest absolute Gasteiger partial charge is 0.253 e. The van der Waals surface area contributed by atoms with Gasteiger partial charge in [0.1, 0.15) is 5.75 Å². The van der Waals surface area contributed by atoms with E-state index in [1.807, 2.05) is 11.8 Å². The Kier molecular flexibility index (Phi) is 3.92. The summed E-state index contributed by atoms with van der Waals surface area (Å²) in [6, 6.07) is 5.15. The van der Waals surface area contributed by atoms with Gasteiger partial charge in [0.25, 0.3) is 5.91 Å². The predicted molar refractivity (Wildman–Crippen MR) is 83.5 cm³/mol. The molecule has 0 bridgehead atoms. The monoisotopic (exact) mass is 287 g/mol. The van der Waals surface area contributed by atoms with Crippen molar-refractivity contribution in [2.45, 2.75) is 51.9 Å². The first-order valence-electron chi connectivity index (χ1n) is 8.19. The topological polar surface area (TPSA) is 40.5 Å². The zero-order valence-electron chi connectivity index (χ0n) is 12.9. The number of carbonyl (C=O) groups is 1. The standard InChI is InChI=1S/C18H25NO2/c1-14-13-15(5-6-16(14)20)17(21)19-11-9-18(10-12-19)7-3-2-4-8-18/h5-6,13,20H,2-4,7-12H2,1H3. The number of amides is 1. The lowest BCUT2D eigenvalue weighted by Crippen LogP contribution is -2.43. The van der Waals surface area contributed by atoms with Crippen LogP contribution in [0.1, 0.15) is 60.9 Å². The molecule has 1 aliphatic heterocycles. The molecule has 0 radical (unpaired) electrons. The van der Waals surface area contributed by atoms with Gasteiger partial charge in [0.05, 0.1) is 0 Å². The predicted octanol–water partition coefficient (Wildman–Crippen LogP) is 3.89. The van der Waals surface area contributed by atoms with Crippen LogP contribution >= 0.6 is 0 Å². The number of benzene rings is 1. The highest BCUT2D eigenvalue weighted by Gasteiger charge is 2.36. The summed E-state index contributed by atoms with van der Waals surface area (Å²) in [7, 11) is 0. The largest absolute Gasteiger partial charge is 0.508 e. The van der Waals surface area contributed by atoms with Crippen LogP contribution in [0.4, 0.5) is 0 Å². The molecule has 2 aliphatic rings. The highest BCUT2D eigenvalue weighted by Crippen LogP contribution is 2.44. The quantitative estimate of drug-likeness (QED) is 0.851. The second-order valence-electron chi connectivity index (χ2n) is 6.85. The summed E-state index contributed by atoms with van der Waals surface area (Å²) in [5.41, 5.74) is 1.99. The van der Waals surface area contributed by atoms with Gasteiger partial charge in [-0.2, -0.15) is 0 Å². The van der Waals surface area contributed by atoms with Crippen molar-refractivity contribution >= 4 is 5.91 Å². The van der Waals surface area contributed by atoms with E-state index in [2.05, 4.69) is 0 Å². The van der Waals surface area contributed by atoms with Crippen molar-refractivity contribution in [2.75, 3.05) is 13.1 Å². The lowest BCUT2D eigenvalue weighted by molar-refractivity contribution is 0.0472. The van der Waals surface area contributed by atoms with E-state index in [9.17, 15) is 9.90 Å². The summed E-state index contributed by atoms with van der Waals surface area (Å²) in [6.45, 7) is 3.61. The van der Waals surface area contributed by atoms with Crippen LogP contribution in [0.5, 0.6) is 5.75 Å². The molecule has 1 aromatic carbocycles. The van der Waals surface area contributed by atoms with Gasteiger partial charge in [0.15, 0.2) is 0 Å². The SMILES string of the molecule is Cc1cc(C(=O)N2CCC3(CCCCC3)CC2)ccc1O. The summed E-state index contributed by atoms with van der Waals surface area (Å²) in [4.78, 5) is 14.6. The van der Waals surface area contributed by atoms with E-state index in [0.717, 1.165) is 31.5 Å². The number of rotatable bonds is 1. The Morgan fingerprint density at radius 2 is 1.76 bits per heavy atom. The number of aromatic hydroxyl groups is 1. The van der Waals surface area contributed by atoms with Gasteiger partial charge in [-0.15, -0.1) is 0 Å². The van der Waals surface area contributed by atoms with Gasteiger partial charge in [-0.05, 0) is 61.8 Å². The van der Waals surface area contributed by atoms with Crippen LogP contribution in [0.2, 0.25) is 0 Å². The van der Waals surface area contributed by atoms with E-state index in [1.165, 1.54) is 32.1 Å². The van der Waals surface area contributed by atoms with E-state index in [1.54, 1.807) is 18.2 Å². The number of hydrogen-bond acceptors (Lipinski definition) is 2. The van der Waals surface area contributed by atoms with Crippen LogP contribution in [-0.4, -0.2) is 29.0 Å². The first-order valence-corrected chi connectivity index (χ1v) is 8.19. The molecular weight excluding hydrogens is 262 g/mol. The van der Waals surface area contributed by atoms with E-state index in [0.29, 0.717) is 11.0 Å². The number of phenols is 1. The van der Waals surface area contributed by atoms with Crippen LogP contribution < -0.4 is 0 Å². The van der Waals surface area contributed by atoms with Crippen molar-refractivity contribution in [1.29, 1.82) is 0 Å². The first-order chi connectivity index (χ1) is 10.1. The minimum absolute atomic E-state index is 0.115. The number of hydrogen-bond donors (Lipinski definition) is 1. The maximum Gasteiger partial charge on any atom is 0.253 e. The van der Waals surface area contributed by atoms with Gasteiger partial charge in [0.2, 0.25) is 0 Å². The molecule has 1 saturated heterocycles. The fraction of sp³-hybridized carbons (Fsp3) is 0.611. The number of nitrogens with zero attached hydrogens (tertiary/aromatic N) is 1. The lowest BCUT2D eigenvalue weighted by atomic mass is 9.68. The molecule has 3 heteroatoms. The molecular formula is C18H25NO2. The molecule has 3 rings (SSSR count). The number of phenolic OH excluding ortho intramolecular Hbond substituents is 1. The van der Waals surface area contributed by atoms with Crippen molar-refractivity contribution in [3.05, 3.63) is 29.3 Å². The van der Waals surface area contributed by atoms with E-state index >= 15 is 0 Å². The summed E-state index contributed by atoms with van der Waals surface area (Å²) >= 11 is 0. The van der Waals surface area contributed by atoms with Crippen LogP contribution in [-0.2, 0) is 0 Å². The van der Waals surface area contributed by atoms with Crippen molar-refractivity contribution in [3.8, 4) is 5.75 Å². The van der Waals surface area contributed by atoms with E-state index < -0.39 is 0 Å². The normalized spacial score (nSPS) is 21.5. The molecule has 0 atom stereocenters. The van der Waals surface area contributed by atoms with Gasteiger partial charge < -0.3 is 10.0 Å². The molecule has 1 amide bonds. The minimum atomic E-state index is 0.115. The first kappa shape index (κ1) is 14.4. The Labute approximate surface area is 127 Å². The van der Waals surface area contributed by atoms with Crippen molar-refractivity contribution in [2.24, 2.45) is 5.41 Å². The molecule has 3 nitrogen and oxygen atoms in total. The molecule has 1 N–H and O–H groups in total. The van der Waals surface area contributed by atoms with Crippen molar-refractivity contribution in [3.63, 3.8) is 0 Å². The molecule has 1 aromatic rings. The van der Waals surface area contributed by atoms with Gasteiger partial charge >= 0.3 is 0 Å². The summed E-state index contributed by atoms with van der Waals surface area (Å²) in [5, 5.41) is 9.58. The van der Waals surface area contributed by atoms with Crippen LogP contribution in [0.15, 0.2) is 18.2 Å². The molecule has 0 unspecified atom stereocenters. The second kappa shape index (κ2) is 5.70. The Bertz CT molecular complexity index is 522. The van der Waals surface area contributed by atoms with Crippen LogP contribution in [0.3, 0.4) is 0 Å². The number of likely N-dealkylation sites (tertiary alicyclic amines) is 1. The fourth-order valence-electron chi connectivity index (χ4n) is 3.96. The van der Waals surface area contributed by atoms with Crippen molar-refractivity contribution in [1.82, 2.24) is 4.90 Å². The third-order valence-electron chi connectivity index (χ3n) is 5.47. The molecule has 2 fully saturated rings. The third-order valence-corrected chi connectivity index (χ3v) is 5.47. The fourth-order valence-corrected chi connectivity index (χ4v) is 3.96. The van der Waals surface area contributed by atoms with Crippen LogP contribution in [0.25, 0.3) is 0 Å². The summed E-state index contributed by atoms with van der Waals surface area (Å²) in [6.07, 6.45) is 9.15. The van der Waals surface area contributed by atoms with Crippen molar-refractivity contribution < 1.29 is 9.90 Å². The zero-order valence-corrected chi connectivity index (χ0v) is 12.9. The average molecular weight is 287 g/mol. The van der Waals surface area contributed by atoms with Gasteiger partial charge in [-0.25, -0.2) is 0 Å². The second-order valence-corrected chi connectivity index (χ2v) is 6.85. The maximum atomic E-state index is 12.6. The molecule has 114 valence electrons.